The van der Waals surface area contributed by atoms with Crippen LogP contribution in [0.5, 0.6) is 0 Å². The van der Waals surface area contributed by atoms with Crippen LogP contribution in [0.1, 0.15) is 16.8 Å². The van der Waals surface area contributed by atoms with Crippen molar-refractivity contribution in [2.75, 3.05) is 0 Å². The molecule has 0 saturated heterocycles. The minimum Gasteiger partial charge on any atom is -0.260 e. The van der Waals surface area contributed by atoms with Crippen LogP contribution < -0.4 is 0 Å². The van der Waals surface area contributed by atoms with E-state index >= 15 is 0 Å². The highest BCUT2D eigenvalue weighted by Gasteiger charge is 2.29. The van der Waals surface area contributed by atoms with Crippen LogP contribution in [0.2, 0.25) is 10.0 Å². The van der Waals surface area contributed by atoms with Gasteiger partial charge < -0.3 is 0 Å². The van der Waals surface area contributed by atoms with E-state index in [2.05, 4.69) is 4.98 Å². The highest BCUT2D eigenvalue weighted by molar-refractivity contribution is 7.89. The number of pyridine rings is 1. The number of halogens is 2. The van der Waals surface area contributed by atoms with Crippen molar-refractivity contribution in [3.8, 4) is 0 Å². The second-order valence-corrected chi connectivity index (χ2v) is 8.82. The van der Waals surface area contributed by atoms with Gasteiger partial charge in [0, 0.05) is 12.7 Å². The first-order valence-corrected chi connectivity index (χ1v) is 10.5. The van der Waals surface area contributed by atoms with Crippen LogP contribution >= 0.6 is 23.2 Å². The third-order valence-corrected chi connectivity index (χ3v) is 6.77. The lowest BCUT2D eigenvalue weighted by atomic mass is 10.1. The molecule has 0 aliphatic carbocycles. The minimum absolute atomic E-state index is 0.0862. The number of sulfonamides is 1. The van der Waals surface area contributed by atoms with E-state index in [0.29, 0.717) is 5.69 Å². The zero-order valence-corrected chi connectivity index (χ0v) is 17.0. The van der Waals surface area contributed by atoms with Gasteiger partial charge in [0.25, 0.3) is 0 Å². The molecule has 4 nitrogen and oxygen atoms in total. The van der Waals surface area contributed by atoms with Gasteiger partial charge in [-0.1, -0.05) is 65.2 Å². The van der Waals surface area contributed by atoms with Crippen LogP contribution in [0.4, 0.5) is 0 Å². The zero-order valence-electron chi connectivity index (χ0n) is 14.6. The lowest BCUT2D eigenvalue weighted by Crippen LogP contribution is -2.31. The van der Waals surface area contributed by atoms with Crippen LogP contribution in [-0.2, 0) is 23.1 Å². The summed E-state index contributed by atoms with van der Waals surface area (Å²) >= 11 is 12.4. The van der Waals surface area contributed by atoms with Crippen LogP contribution in [0.15, 0.2) is 71.8 Å². The molecule has 3 aromatic rings. The normalized spacial score (nSPS) is 11.7. The monoisotopic (exact) mass is 420 g/mol. The Balaban J connectivity index is 2.05. The largest absolute Gasteiger partial charge is 0.260 e. The number of hydrogen-bond donors (Lipinski definition) is 0. The van der Waals surface area contributed by atoms with E-state index in [1.54, 1.807) is 24.4 Å². The Morgan fingerprint density at radius 1 is 0.926 bits per heavy atom. The van der Waals surface area contributed by atoms with Gasteiger partial charge in [-0.2, -0.15) is 4.31 Å². The highest BCUT2D eigenvalue weighted by atomic mass is 35.5. The molecule has 2 aromatic carbocycles. The van der Waals surface area contributed by atoms with Crippen molar-refractivity contribution in [3.05, 3.63) is 93.7 Å². The summed E-state index contributed by atoms with van der Waals surface area (Å²) in [6, 6.07) is 17.8. The number of benzene rings is 2. The Labute approximate surface area is 169 Å². The van der Waals surface area contributed by atoms with E-state index < -0.39 is 10.0 Å². The molecule has 7 heteroatoms. The molecule has 0 N–H and O–H groups in total. The molecular formula is C20H18Cl2N2O2S. The van der Waals surface area contributed by atoms with Crippen molar-refractivity contribution in [1.82, 2.24) is 9.29 Å². The number of nitrogens with zero attached hydrogens (tertiary/aromatic N) is 2. The maximum absolute atomic E-state index is 13.4. The second kappa shape index (κ2) is 8.40. The molecule has 3 rings (SSSR count). The van der Waals surface area contributed by atoms with Gasteiger partial charge in [0.2, 0.25) is 10.0 Å². The standard InChI is InChI=1S/C20H18Cl2N2O2S/c1-15-6-4-7-16(12-15)13-24(14-17-8-2-3-11-23-17)27(25,26)20-18(21)9-5-10-19(20)22/h2-12H,13-14H2,1H3. The molecule has 0 radical (unpaired) electrons. The molecule has 0 saturated carbocycles. The fraction of sp³-hybridized carbons (Fsp3) is 0.150. The highest BCUT2D eigenvalue weighted by Crippen LogP contribution is 2.32. The first-order valence-electron chi connectivity index (χ1n) is 8.27. The van der Waals surface area contributed by atoms with Gasteiger partial charge in [-0.15, -0.1) is 0 Å². The van der Waals surface area contributed by atoms with Crippen LogP contribution in [0.3, 0.4) is 0 Å². The quantitative estimate of drug-likeness (QED) is 0.557. The summed E-state index contributed by atoms with van der Waals surface area (Å²) in [5.74, 6) is 0. The molecule has 1 aromatic heterocycles. The Bertz CT molecular complexity index is 1020. The van der Waals surface area contributed by atoms with Crippen molar-refractivity contribution >= 4 is 33.2 Å². The van der Waals surface area contributed by atoms with Crippen LogP contribution in [0.25, 0.3) is 0 Å². The third kappa shape index (κ3) is 4.68. The topological polar surface area (TPSA) is 50.3 Å². The first kappa shape index (κ1) is 19.8. The predicted molar refractivity (Wildman–Crippen MR) is 108 cm³/mol. The van der Waals surface area contributed by atoms with Crippen molar-refractivity contribution in [2.24, 2.45) is 0 Å². The molecule has 0 bridgehead atoms. The number of hydrogen-bond acceptors (Lipinski definition) is 3. The smallest absolute Gasteiger partial charge is 0.246 e. The van der Waals surface area contributed by atoms with E-state index in [-0.39, 0.29) is 28.0 Å². The molecule has 0 fully saturated rings. The molecule has 0 aliphatic heterocycles. The Hall–Kier alpha value is -1.92. The van der Waals surface area contributed by atoms with E-state index in [9.17, 15) is 8.42 Å². The van der Waals surface area contributed by atoms with Crippen molar-refractivity contribution in [3.63, 3.8) is 0 Å². The van der Waals surface area contributed by atoms with E-state index in [1.165, 1.54) is 16.4 Å². The SMILES string of the molecule is Cc1cccc(CN(Cc2ccccn2)S(=O)(=O)c2c(Cl)cccc2Cl)c1. The summed E-state index contributed by atoms with van der Waals surface area (Å²) in [6.45, 7) is 2.26. The lowest BCUT2D eigenvalue weighted by Gasteiger charge is -2.23. The summed E-state index contributed by atoms with van der Waals surface area (Å²) < 4.78 is 28.1. The average Bonchev–Trinajstić information content (AvgIpc) is 2.62. The molecule has 0 spiro atoms. The lowest BCUT2D eigenvalue weighted by molar-refractivity contribution is 0.397. The van der Waals surface area contributed by atoms with Crippen molar-refractivity contribution < 1.29 is 8.42 Å². The van der Waals surface area contributed by atoms with Gasteiger partial charge in [-0.25, -0.2) is 8.42 Å². The number of aromatic nitrogens is 1. The molecule has 0 unspecified atom stereocenters. The summed E-state index contributed by atoms with van der Waals surface area (Å²) in [6.07, 6.45) is 1.63. The molecule has 0 aliphatic rings. The molecule has 0 atom stereocenters. The van der Waals surface area contributed by atoms with Gasteiger partial charge in [-0.3, -0.25) is 4.98 Å². The summed E-state index contributed by atoms with van der Waals surface area (Å²) in [7, 11) is -3.94. The Morgan fingerprint density at radius 2 is 1.63 bits per heavy atom. The van der Waals surface area contributed by atoms with E-state index in [4.69, 9.17) is 23.2 Å². The van der Waals surface area contributed by atoms with Crippen LogP contribution in [-0.4, -0.2) is 17.7 Å². The van der Waals surface area contributed by atoms with Gasteiger partial charge >= 0.3 is 0 Å². The molecule has 0 amide bonds. The van der Waals surface area contributed by atoms with Gasteiger partial charge in [0.1, 0.15) is 4.90 Å². The minimum atomic E-state index is -3.94. The van der Waals surface area contributed by atoms with Crippen LogP contribution in [0, 0.1) is 6.92 Å². The van der Waals surface area contributed by atoms with Gasteiger partial charge in [0.05, 0.1) is 22.3 Å². The fourth-order valence-corrected chi connectivity index (χ4v) is 5.26. The Morgan fingerprint density at radius 3 is 2.26 bits per heavy atom. The number of rotatable bonds is 6. The van der Waals surface area contributed by atoms with E-state index in [1.807, 2.05) is 37.3 Å². The molecule has 1 heterocycles. The van der Waals surface area contributed by atoms with Gasteiger partial charge in [0.15, 0.2) is 0 Å². The van der Waals surface area contributed by atoms with E-state index in [0.717, 1.165) is 11.1 Å². The van der Waals surface area contributed by atoms with Gasteiger partial charge in [-0.05, 0) is 36.8 Å². The van der Waals surface area contributed by atoms with Crippen molar-refractivity contribution in [2.45, 2.75) is 24.9 Å². The second-order valence-electron chi connectivity index (χ2n) is 6.13. The Kier molecular flexibility index (Phi) is 6.17. The first-order chi connectivity index (χ1) is 12.9. The zero-order chi connectivity index (χ0) is 19.4. The molecular weight excluding hydrogens is 403 g/mol. The predicted octanol–water partition coefficient (Wildman–Crippen LogP) is 5.09. The maximum atomic E-state index is 13.4. The molecule has 140 valence electrons. The average molecular weight is 421 g/mol. The summed E-state index contributed by atoms with van der Waals surface area (Å²) in [5.41, 5.74) is 2.56. The number of aryl methyl sites for hydroxylation is 1. The third-order valence-electron chi connectivity index (χ3n) is 4.02. The maximum Gasteiger partial charge on any atom is 0.246 e. The molecule has 27 heavy (non-hydrogen) atoms. The fourth-order valence-electron chi connectivity index (χ4n) is 2.77. The summed E-state index contributed by atoms with van der Waals surface area (Å²) in [5, 5.41) is 0.190. The summed E-state index contributed by atoms with van der Waals surface area (Å²) in [4.78, 5) is 4.17. The van der Waals surface area contributed by atoms with Crippen molar-refractivity contribution in [1.29, 1.82) is 0 Å².